The summed E-state index contributed by atoms with van der Waals surface area (Å²) in [6.07, 6.45) is 2.20. The van der Waals surface area contributed by atoms with E-state index in [2.05, 4.69) is 29.6 Å². The third-order valence-corrected chi connectivity index (χ3v) is 5.91. The number of benzene rings is 2. The van der Waals surface area contributed by atoms with E-state index in [1.54, 1.807) is 6.92 Å². The molecule has 154 valence electrons. The Morgan fingerprint density at radius 2 is 1.55 bits per heavy atom. The standard InChI is InChI=1S/C24H31N3O2/c1-2-22(28)26-23(20-11-7-4-8-12-20)24(29)27-15-13-19(14-16-27)21(17-25)18-9-5-3-6-10-18/h3-12,19,21,23H,2,13-17,25H2,1H3,(H,26,28). The van der Waals surface area contributed by atoms with Crippen LogP contribution in [0.4, 0.5) is 0 Å². The largest absolute Gasteiger partial charge is 0.341 e. The molecule has 0 saturated carbocycles. The lowest BCUT2D eigenvalue weighted by atomic mass is 9.80. The summed E-state index contributed by atoms with van der Waals surface area (Å²) in [5.41, 5.74) is 8.20. The van der Waals surface area contributed by atoms with E-state index < -0.39 is 6.04 Å². The van der Waals surface area contributed by atoms with Crippen molar-refractivity contribution in [1.82, 2.24) is 10.2 Å². The summed E-state index contributed by atoms with van der Waals surface area (Å²) in [5.74, 6) is 0.639. The molecular weight excluding hydrogens is 362 g/mol. The second-order valence-electron chi connectivity index (χ2n) is 7.68. The van der Waals surface area contributed by atoms with Gasteiger partial charge in [-0.2, -0.15) is 0 Å². The van der Waals surface area contributed by atoms with Crippen molar-refractivity contribution in [2.45, 2.75) is 38.1 Å². The van der Waals surface area contributed by atoms with Crippen LogP contribution in [0, 0.1) is 5.92 Å². The summed E-state index contributed by atoms with van der Waals surface area (Å²) in [5, 5.41) is 2.90. The topological polar surface area (TPSA) is 75.4 Å². The molecule has 0 radical (unpaired) electrons. The number of likely N-dealkylation sites (tertiary alicyclic amines) is 1. The van der Waals surface area contributed by atoms with E-state index in [-0.39, 0.29) is 11.8 Å². The Morgan fingerprint density at radius 3 is 2.07 bits per heavy atom. The van der Waals surface area contributed by atoms with Gasteiger partial charge in [0, 0.05) is 19.5 Å². The van der Waals surface area contributed by atoms with E-state index in [0.29, 0.717) is 37.9 Å². The van der Waals surface area contributed by atoms with Crippen molar-refractivity contribution in [2.24, 2.45) is 11.7 Å². The number of nitrogens with one attached hydrogen (secondary N) is 1. The maximum absolute atomic E-state index is 13.3. The maximum Gasteiger partial charge on any atom is 0.249 e. The van der Waals surface area contributed by atoms with Gasteiger partial charge >= 0.3 is 0 Å². The highest BCUT2D eigenvalue weighted by atomic mass is 16.2. The molecule has 2 atom stereocenters. The molecule has 5 nitrogen and oxygen atoms in total. The molecular formula is C24H31N3O2. The van der Waals surface area contributed by atoms with E-state index in [1.165, 1.54) is 5.56 Å². The Hall–Kier alpha value is -2.66. The Morgan fingerprint density at radius 1 is 1.00 bits per heavy atom. The number of rotatable bonds is 7. The highest BCUT2D eigenvalue weighted by Crippen LogP contribution is 2.32. The quantitative estimate of drug-likeness (QED) is 0.758. The van der Waals surface area contributed by atoms with E-state index >= 15 is 0 Å². The fraction of sp³-hybridized carbons (Fsp3) is 0.417. The lowest BCUT2D eigenvalue weighted by molar-refractivity contribution is -0.138. The molecule has 3 rings (SSSR count). The van der Waals surface area contributed by atoms with Crippen LogP contribution in [-0.2, 0) is 9.59 Å². The molecule has 29 heavy (non-hydrogen) atoms. The number of carbonyl (C=O) groups excluding carboxylic acids is 2. The Bertz CT molecular complexity index is 786. The van der Waals surface area contributed by atoms with Gasteiger partial charge in [0.2, 0.25) is 11.8 Å². The second-order valence-corrected chi connectivity index (χ2v) is 7.68. The van der Waals surface area contributed by atoms with E-state index in [9.17, 15) is 9.59 Å². The van der Waals surface area contributed by atoms with E-state index in [1.807, 2.05) is 41.3 Å². The van der Waals surface area contributed by atoms with Crippen LogP contribution in [-0.4, -0.2) is 36.3 Å². The molecule has 1 fully saturated rings. The first kappa shape index (κ1) is 21.1. The molecule has 2 unspecified atom stereocenters. The molecule has 0 spiro atoms. The molecule has 2 aromatic rings. The number of nitrogens with zero attached hydrogens (tertiary/aromatic N) is 1. The molecule has 1 heterocycles. The predicted octanol–water partition coefficient (Wildman–Crippen LogP) is 3.24. The van der Waals surface area contributed by atoms with Gasteiger partial charge in [0.1, 0.15) is 6.04 Å². The van der Waals surface area contributed by atoms with Crippen LogP contribution in [0.5, 0.6) is 0 Å². The molecule has 3 N–H and O–H groups in total. The monoisotopic (exact) mass is 393 g/mol. The first-order valence-electron chi connectivity index (χ1n) is 10.5. The number of hydrogen-bond donors (Lipinski definition) is 2. The maximum atomic E-state index is 13.3. The lowest BCUT2D eigenvalue weighted by Gasteiger charge is -2.37. The number of carbonyl (C=O) groups is 2. The van der Waals surface area contributed by atoms with E-state index in [0.717, 1.165) is 18.4 Å². The van der Waals surface area contributed by atoms with Crippen LogP contribution in [0.15, 0.2) is 60.7 Å². The fourth-order valence-electron chi connectivity index (χ4n) is 4.20. The van der Waals surface area contributed by atoms with Crippen LogP contribution in [0.2, 0.25) is 0 Å². The van der Waals surface area contributed by atoms with Crippen LogP contribution >= 0.6 is 0 Å². The molecule has 0 aliphatic carbocycles. The highest BCUT2D eigenvalue weighted by Gasteiger charge is 2.32. The first-order valence-corrected chi connectivity index (χ1v) is 10.5. The van der Waals surface area contributed by atoms with Crippen LogP contribution in [0.1, 0.15) is 49.3 Å². The zero-order valence-electron chi connectivity index (χ0n) is 17.1. The van der Waals surface area contributed by atoms with Gasteiger partial charge in [0.25, 0.3) is 0 Å². The summed E-state index contributed by atoms with van der Waals surface area (Å²) in [4.78, 5) is 27.2. The summed E-state index contributed by atoms with van der Waals surface area (Å²) in [6.45, 7) is 3.79. The smallest absolute Gasteiger partial charge is 0.249 e. The number of hydrogen-bond acceptors (Lipinski definition) is 3. The second kappa shape index (κ2) is 10.2. The Kier molecular flexibility index (Phi) is 7.42. The van der Waals surface area contributed by atoms with Gasteiger partial charge in [-0.25, -0.2) is 0 Å². The molecule has 2 aromatic carbocycles. The van der Waals surface area contributed by atoms with Gasteiger partial charge in [-0.1, -0.05) is 67.6 Å². The third-order valence-electron chi connectivity index (χ3n) is 5.91. The summed E-state index contributed by atoms with van der Waals surface area (Å²) in [7, 11) is 0. The van der Waals surface area contributed by atoms with Gasteiger partial charge in [-0.3, -0.25) is 9.59 Å². The first-order chi connectivity index (χ1) is 14.1. The van der Waals surface area contributed by atoms with Crippen molar-refractivity contribution >= 4 is 11.8 Å². The molecule has 5 heteroatoms. The van der Waals surface area contributed by atoms with Crippen molar-refractivity contribution in [3.05, 3.63) is 71.8 Å². The zero-order valence-corrected chi connectivity index (χ0v) is 17.1. The summed E-state index contributed by atoms with van der Waals surface area (Å²) in [6, 6.07) is 19.3. The van der Waals surface area contributed by atoms with Crippen molar-refractivity contribution in [3.8, 4) is 0 Å². The minimum Gasteiger partial charge on any atom is -0.341 e. The molecule has 0 aromatic heterocycles. The highest BCUT2D eigenvalue weighted by molar-refractivity contribution is 5.88. The average molecular weight is 394 g/mol. The van der Waals surface area contributed by atoms with Gasteiger partial charge < -0.3 is 16.0 Å². The van der Waals surface area contributed by atoms with Gasteiger partial charge in [-0.05, 0) is 42.3 Å². The van der Waals surface area contributed by atoms with Crippen molar-refractivity contribution in [1.29, 1.82) is 0 Å². The van der Waals surface area contributed by atoms with Crippen molar-refractivity contribution in [2.75, 3.05) is 19.6 Å². The molecule has 1 saturated heterocycles. The van der Waals surface area contributed by atoms with Crippen LogP contribution in [0.25, 0.3) is 0 Å². The molecule has 2 amide bonds. The molecule has 1 aliphatic rings. The van der Waals surface area contributed by atoms with Gasteiger partial charge in [-0.15, -0.1) is 0 Å². The van der Waals surface area contributed by atoms with Crippen LogP contribution in [0.3, 0.4) is 0 Å². The SMILES string of the molecule is CCC(=O)NC(C(=O)N1CCC(C(CN)c2ccccc2)CC1)c1ccccc1. The Balaban J connectivity index is 1.68. The van der Waals surface area contributed by atoms with E-state index in [4.69, 9.17) is 5.73 Å². The van der Waals surface area contributed by atoms with Crippen LogP contribution < -0.4 is 11.1 Å². The number of piperidine rings is 1. The average Bonchev–Trinajstić information content (AvgIpc) is 2.79. The van der Waals surface area contributed by atoms with Crippen molar-refractivity contribution < 1.29 is 9.59 Å². The number of amides is 2. The number of nitrogens with two attached hydrogens (primary N) is 1. The normalized spacial score (nSPS) is 16.8. The third kappa shape index (κ3) is 5.24. The minimum absolute atomic E-state index is 0.0274. The predicted molar refractivity (Wildman–Crippen MR) is 115 cm³/mol. The molecule has 1 aliphatic heterocycles. The lowest BCUT2D eigenvalue weighted by Crippen LogP contribution is -2.46. The van der Waals surface area contributed by atoms with Gasteiger partial charge in [0.15, 0.2) is 0 Å². The minimum atomic E-state index is -0.625. The summed E-state index contributed by atoms with van der Waals surface area (Å²) < 4.78 is 0. The van der Waals surface area contributed by atoms with Crippen molar-refractivity contribution in [3.63, 3.8) is 0 Å². The Labute approximate surface area is 173 Å². The molecule has 0 bridgehead atoms. The van der Waals surface area contributed by atoms with Gasteiger partial charge in [0.05, 0.1) is 0 Å². The zero-order chi connectivity index (χ0) is 20.6. The fourth-order valence-corrected chi connectivity index (χ4v) is 4.20. The summed E-state index contributed by atoms with van der Waals surface area (Å²) >= 11 is 0.